The lowest BCUT2D eigenvalue weighted by Crippen LogP contribution is -2.23. The molecular formula is C20H22FN5O2. The first kappa shape index (κ1) is 18.2. The first-order valence-corrected chi connectivity index (χ1v) is 8.98. The minimum absolute atomic E-state index is 0.163. The average Bonchev–Trinajstić information content (AvgIpc) is 3.23. The molecule has 1 aliphatic heterocycles. The number of nitrogens with one attached hydrogen (secondary N) is 2. The third kappa shape index (κ3) is 3.27. The Labute approximate surface area is 162 Å². The lowest BCUT2D eigenvalue weighted by Gasteiger charge is -2.19. The zero-order valence-corrected chi connectivity index (χ0v) is 16.2. The molecule has 2 aromatic heterocycles. The maximum atomic E-state index is 14.0. The molecule has 0 saturated carbocycles. The molecule has 146 valence electrons. The first-order valence-electron chi connectivity index (χ1n) is 8.98. The van der Waals surface area contributed by atoms with Gasteiger partial charge in [-0.05, 0) is 39.0 Å². The first-order chi connectivity index (χ1) is 13.4. The summed E-state index contributed by atoms with van der Waals surface area (Å²) in [6.45, 7) is 5.71. The van der Waals surface area contributed by atoms with E-state index in [4.69, 9.17) is 9.57 Å². The minimum Gasteiger partial charge on any atom is -0.493 e. The van der Waals surface area contributed by atoms with Crippen LogP contribution in [0.25, 0.3) is 5.52 Å². The maximum absolute atomic E-state index is 14.0. The quantitative estimate of drug-likeness (QED) is 0.703. The van der Waals surface area contributed by atoms with Crippen LogP contribution in [0.3, 0.4) is 0 Å². The zero-order valence-electron chi connectivity index (χ0n) is 16.2. The molecule has 7 nitrogen and oxygen atoms in total. The average molecular weight is 383 g/mol. The number of aliphatic imine (C=N–C) groups is 1. The molecule has 1 atom stereocenters. The lowest BCUT2D eigenvalue weighted by molar-refractivity contribution is -0.0269. The van der Waals surface area contributed by atoms with Gasteiger partial charge in [-0.3, -0.25) is 0 Å². The molecule has 0 spiro atoms. The normalized spacial score (nSPS) is 16.5. The second kappa shape index (κ2) is 6.79. The Kier molecular flexibility index (Phi) is 4.43. The van der Waals surface area contributed by atoms with Crippen LogP contribution < -0.4 is 15.5 Å². The number of pyridine rings is 1. The number of halogens is 1. The summed E-state index contributed by atoms with van der Waals surface area (Å²) in [7, 11) is 1.47. The van der Waals surface area contributed by atoms with Gasteiger partial charge in [-0.25, -0.2) is 24.2 Å². The second-order valence-electron chi connectivity index (χ2n) is 7.14. The monoisotopic (exact) mass is 383 g/mol. The number of ether oxygens (including phenoxy) is 1. The number of hydrogen-bond acceptors (Lipinski definition) is 6. The summed E-state index contributed by atoms with van der Waals surface area (Å²) in [4.78, 5) is 9.99. The van der Waals surface area contributed by atoms with E-state index >= 15 is 0 Å². The Morgan fingerprint density at radius 2 is 2.14 bits per heavy atom. The number of methoxy groups -OCH3 is 1. The van der Waals surface area contributed by atoms with Gasteiger partial charge >= 0.3 is 0 Å². The fraction of sp³-hybridized carbons (Fsp3) is 0.300. The van der Waals surface area contributed by atoms with Crippen LogP contribution in [-0.4, -0.2) is 28.3 Å². The highest BCUT2D eigenvalue weighted by molar-refractivity contribution is 6.04. The number of hydrogen-bond donors (Lipinski definition) is 2. The highest BCUT2D eigenvalue weighted by Gasteiger charge is 2.28. The van der Waals surface area contributed by atoms with Gasteiger partial charge in [0.15, 0.2) is 23.1 Å². The van der Waals surface area contributed by atoms with Crippen LogP contribution in [0.4, 0.5) is 10.1 Å². The Balaban J connectivity index is 1.65. The molecule has 3 aromatic rings. The molecule has 1 aliphatic rings. The molecule has 0 saturated heterocycles. The molecule has 0 aliphatic carbocycles. The fourth-order valence-electron chi connectivity index (χ4n) is 3.27. The van der Waals surface area contributed by atoms with Crippen molar-refractivity contribution >= 4 is 17.0 Å². The number of hydroxylamine groups is 1. The van der Waals surface area contributed by atoms with E-state index in [2.05, 4.69) is 20.9 Å². The van der Waals surface area contributed by atoms with Crippen molar-refractivity contribution < 1.29 is 14.0 Å². The molecule has 0 radical (unpaired) electrons. The van der Waals surface area contributed by atoms with Crippen molar-refractivity contribution in [2.75, 3.05) is 12.4 Å². The van der Waals surface area contributed by atoms with Gasteiger partial charge in [-0.1, -0.05) is 12.1 Å². The van der Waals surface area contributed by atoms with Crippen molar-refractivity contribution in [2.45, 2.75) is 32.5 Å². The topological polar surface area (TPSA) is 72.2 Å². The molecule has 0 amide bonds. The van der Waals surface area contributed by atoms with Crippen molar-refractivity contribution in [2.24, 2.45) is 4.99 Å². The summed E-state index contributed by atoms with van der Waals surface area (Å²) in [5.74, 6) is 0.504. The number of rotatable bonds is 5. The van der Waals surface area contributed by atoms with Gasteiger partial charge in [-0.15, -0.1) is 0 Å². The van der Waals surface area contributed by atoms with E-state index in [1.807, 2.05) is 45.2 Å². The van der Waals surface area contributed by atoms with E-state index in [-0.39, 0.29) is 17.6 Å². The van der Waals surface area contributed by atoms with E-state index in [9.17, 15) is 4.39 Å². The third-order valence-corrected chi connectivity index (χ3v) is 4.61. The molecule has 1 aromatic carbocycles. The second-order valence-corrected chi connectivity index (χ2v) is 7.14. The van der Waals surface area contributed by atoms with Gasteiger partial charge in [0.1, 0.15) is 0 Å². The SMILES string of the molecule is COc1c(F)cccc1[C@@H](C)Nc1ccn2ncc(C3=NC(C)(C)ON3)c2c1. The zero-order chi connectivity index (χ0) is 19.9. The smallest absolute Gasteiger partial charge is 0.182 e. The van der Waals surface area contributed by atoms with E-state index in [0.29, 0.717) is 5.84 Å². The van der Waals surface area contributed by atoms with Gasteiger partial charge < -0.3 is 10.1 Å². The summed E-state index contributed by atoms with van der Waals surface area (Å²) < 4.78 is 21.0. The van der Waals surface area contributed by atoms with Crippen LogP contribution in [0.15, 0.2) is 47.7 Å². The van der Waals surface area contributed by atoms with Crippen LogP contribution in [0, 0.1) is 5.82 Å². The molecular weight excluding hydrogens is 361 g/mol. The Morgan fingerprint density at radius 3 is 2.86 bits per heavy atom. The molecule has 8 heteroatoms. The largest absolute Gasteiger partial charge is 0.493 e. The highest BCUT2D eigenvalue weighted by Crippen LogP contribution is 2.30. The summed E-state index contributed by atoms with van der Waals surface area (Å²) in [6, 6.07) is 8.63. The van der Waals surface area contributed by atoms with Crippen LogP contribution in [0.2, 0.25) is 0 Å². The highest BCUT2D eigenvalue weighted by atomic mass is 19.1. The standard InChI is InChI=1S/C20H22FN5O2/c1-12(14-6-5-7-16(21)18(14)27-4)23-13-8-9-26-17(10-13)15(11-22-26)19-24-20(2,3)28-25-19/h5-12,23H,1-4H3,(H,24,25)/t12-/m1/s1. The maximum Gasteiger partial charge on any atom is 0.182 e. The van der Waals surface area contributed by atoms with Crippen LogP contribution >= 0.6 is 0 Å². The molecule has 2 N–H and O–H groups in total. The number of amidine groups is 1. The third-order valence-electron chi connectivity index (χ3n) is 4.61. The Hall–Kier alpha value is -3.13. The molecule has 0 bridgehead atoms. The molecule has 0 fully saturated rings. The van der Waals surface area contributed by atoms with Crippen molar-refractivity contribution in [3.8, 4) is 5.75 Å². The molecule has 0 unspecified atom stereocenters. The van der Waals surface area contributed by atoms with Crippen molar-refractivity contribution in [3.05, 3.63) is 59.7 Å². The summed E-state index contributed by atoms with van der Waals surface area (Å²) >= 11 is 0. The molecule has 28 heavy (non-hydrogen) atoms. The minimum atomic E-state index is -0.623. The van der Waals surface area contributed by atoms with Crippen LogP contribution in [0.1, 0.15) is 37.9 Å². The van der Waals surface area contributed by atoms with Gasteiger partial charge in [-0.2, -0.15) is 5.10 Å². The number of anilines is 1. The van der Waals surface area contributed by atoms with E-state index in [1.165, 1.54) is 13.2 Å². The molecule has 3 heterocycles. The summed E-state index contributed by atoms with van der Waals surface area (Å²) in [5.41, 5.74) is 5.56. The fourth-order valence-corrected chi connectivity index (χ4v) is 3.27. The van der Waals surface area contributed by atoms with Crippen molar-refractivity contribution in [1.29, 1.82) is 0 Å². The van der Waals surface area contributed by atoms with E-state index in [0.717, 1.165) is 22.3 Å². The number of para-hydroxylation sites is 1. The van der Waals surface area contributed by atoms with Gasteiger partial charge in [0.05, 0.1) is 30.4 Å². The van der Waals surface area contributed by atoms with E-state index < -0.39 is 5.72 Å². The number of aromatic nitrogens is 2. The number of fused-ring (bicyclic) bond motifs is 1. The predicted molar refractivity (Wildman–Crippen MR) is 105 cm³/mol. The Morgan fingerprint density at radius 1 is 1.32 bits per heavy atom. The van der Waals surface area contributed by atoms with Crippen molar-refractivity contribution in [3.63, 3.8) is 0 Å². The van der Waals surface area contributed by atoms with E-state index in [1.54, 1.807) is 16.8 Å². The van der Waals surface area contributed by atoms with Crippen molar-refractivity contribution in [1.82, 2.24) is 15.1 Å². The molecule has 4 rings (SSSR count). The van der Waals surface area contributed by atoms with Crippen LogP contribution in [-0.2, 0) is 4.84 Å². The van der Waals surface area contributed by atoms with Gasteiger partial charge in [0, 0.05) is 17.4 Å². The summed E-state index contributed by atoms with van der Waals surface area (Å²) in [5, 5.41) is 7.77. The van der Waals surface area contributed by atoms with Gasteiger partial charge in [0.25, 0.3) is 0 Å². The number of benzene rings is 1. The van der Waals surface area contributed by atoms with Gasteiger partial charge in [0.2, 0.25) is 0 Å². The van der Waals surface area contributed by atoms with Crippen LogP contribution in [0.5, 0.6) is 5.75 Å². The lowest BCUT2D eigenvalue weighted by atomic mass is 10.1. The Bertz CT molecular complexity index is 1060. The summed E-state index contributed by atoms with van der Waals surface area (Å²) in [6.07, 6.45) is 3.60. The number of nitrogens with zero attached hydrogens (tertiary/aromatic N) is 3. The predicted octanol–water partition coefficient (Wildman–Crippen LogP) is 3.67.